The predicted molar refractivity (Wildman–Crippen MR) is 46.2 cm³/mol. The van der Waals surface area contributed by atoms with Crippen molar-refractivity contribution in [2.75, 3.05) is 0 Å². The molecule has 0 radical (unpaired) electrons. The summed E-state index contributed by atoms with van der Waals surface area (Å²) in [7, 11) is 0. The van der Waals surface area contributed by atoms with Crippen LogP contribution in [0.1, 0.15) is 39.5 Å². The summed E-state index contributed by atoms with van der Waals surface area (Å²) >= 11 is 0. The number of hydrogen-bond acceptors (Lipinski definition) is 0. The van der Waals surface area contributed by atoms with E-state index in [0.717, 1.165) is 23.2 Å². The van der Waals surface area contributed by atoms with Crippen molar-refractivity contribution in [3.63, 3.8) is 0 Å². The van der Waals surface area contributed by atoms with Crippen LogP contribution in [0.5, 0.6) is 0 Å². The van der Waals surface area contributed by atoms with E-state index in [1.165, 1.54) is 5.92 Å². The third-order valence-electron chi connectivity index (χ3n) is 5.03. The van der Waals surface area contributed by atoms with Crippen molar-refractivity contribution in [1.29, 1.82) is 0 Å². The Labute approximate surface area is 69.4 Å². The van der Waals surface area contributed by atoms with Crippen LogP contribution in [0, 0.1) is 29.1 Å². The summed E-state index contributed by atoms with van der Waals surface area (Å²) in [6.45, 7) is 4.98. The fourth-order valence-electron chi connectivity index (χ4n) is 4.21. The van der Waals surface area contributed by atoms with E-state index in [2.05, 4.69) is 13.8 Å². The van der Waals surface area contributed by atoms with Crippen molar-refractivity contribution in [3.05, 3.63) is 0 Å². The van der Waals surface area contributed by atoms with Crippen LogP contribution in [0.25, 0.3) is 0 Å². The second-order valence-electron chi connectivity index (χ2n) is 5.44. The molecular formula is C11H18. The molecule has 0 nitrogen and oxygen atoms in total. The molecule has 0 aromatic rings. The molecule has 11 heavy (non-hydrogen) atoms. The molecule has 3 rings (SSSR count). The summed E-state index contributed by atoms with van der Waals surface area (Å²) in [5, 5.41) is 0. The average molecular weight is 150 g/mol. The van der Waals surface area contributed by atoms with E-state index in [-0.39, 0.29) is 0 Å². The van der Waals surface area contributed by atoms with E-state index in [4.69, 9.17) is 0 Å². The first-order valence-corrected chi connectivity index (χ1v) is 5.22. The van der Waals surface area contributed by atoms with Gasteiger partial charge in [0.1, 0.15) is 0 Å². The molecule has 3 aliphatic carbocycles. The average Bonchev–Trinajstić information content (AvgIpc) is 2.53. The standard InChI is InChI=1S/C11H18/c1-7-3-9-4-10-6-11(10,5-9)8(7)2/h7-10H,3-6H2,1-2H3. The summed E-state index contributed by atoms with van der Waals surface area (Å²) in [5.74, 6) is 4.39. The van der Waals surface area contributed by atoms with Gasteiger partial charge in [0.25, 0.3) is 0 Å². The summed E-state index contributed by atoms with van der Waals surface area (Å²) in [6.07, 6.45) is 6.33. The Bertz CT molecular complexity index is 196. The van der Waals surface area contributed by atoms with E-state index in [9.17, 15) is 0 Å². The van der Waals surface area contributed by atoms with Crippen LogP contribution in [0.3, 0.4) is 0 Å². The number of fused-ring (bicyclic) bond motifs is 1. The van der Waals surface area contributed by atoms with Crippen LogP contribution in [-0.2, 0) is 0 Å². The van der Waals surface area contributed by atoms with Crippen molar-refractivity contribution in [3.8, 4) is 0 Å². The van der Waals surface area contributed by atoms with Gasteiger partial charge in [-0.05, 0) is 54.8 Å². The Hall–Kier alpha value is 0. The van der Waals surface area contributed by atoms with Crippen LogP contribution in [0.4, 0.5) is 0 Å². The van der Waals surface area contributed by atoms with Crippen molar-refractivity contribution in [2.24, 2.45) is 29.1 Å². The first-order valence-electron chi connectivity index (χ1n) is 5.22. The topological polar surface area (TPSA) is 0 Å². The maximum absolute atomic E-state index is 2.51. The zero-order valence-corrected chi connectivity index (χ0v) is 7.64. The lowest BCUT2D eigenvalue weighted by Crippen LogP contribution is -2.27. The fraction of sp³-hybridized carbons (Fsp3) is 1.00. The van der Waals surface area contributed by atoms with Gasteiger partial charge in [-0.2, -0.15) is 0 Å². The maximum Gasteiger partial charge on any atom is -0.0235 e. The van der Waals surface area contributed by atoms with Gasteiger partial charge in [-0.15, -0.1) is 0 Å². The molecule has 2 bridgehead atoms. The molecule has 3 fully saturated rings. The van der Waals surface area contributed by atoms with Gasteiger partial charge in [0.05, 0.1) is 0 Å². The molecular weight excluding hydrogens is 132 g/mol. The third-order valence-corrected chi connectivity index (χ3v) is 5.03. The van der Waals surface area contributed by atoms with Crippen molar-refractivity contribution >= 4 is 0 Å². The largest absolute Gasteiger partial charge is 0.0622 e. The predicted octanol–water partition coefficient (Wildman–Crippen LogP) is 3.08. The second kappa shape index (κ2) is 1.67. The fourth-order valence-corrected chi connectivity index (χ4v) is 4.21. The van der Waals surface area contributed by atoms with Crippen LogP contribution in [0.15, 0.2) is 0 Å². The van der Waals surface area contributed by atoms with E-state index in [1.807, 2.05) is 0 Å². The zero-order chi connectivity index (χ0) is 7.64. The zero-order valence-electron chi connectivity index (χ0n) is 7.64. The Morgan fingerprint density at radius 3 is 2.73 bits per heavy atom. The first-order chi connectivity index (χ1) is 5.22. The van der Waals surface area contributed by atoms with E-state index >= 15 is 0 Å². The van der Waals surface area contributed by atoms with Crippen molar-refractivity contribution in [1.82, 2.24) is 0 Å². The van der Waals surface area contributed by atoms with Gasteiger partial charge in [0, 0.05) is 0 Å². The van der Waals surface area contributed by atoms with Crippen LogP contribution in [0.2, 0.25) is 0 Å². The SMILES string of the molecule is CC1CC2CC3CC3(C2)C1C. The summed E-state index contributed by atoms with van der Waals surface area (Å²) in [6, 6.07) is 0. The van der Waals surface area contributed by atoms with Crippen LogP contribution in [-0.4, -0.2) is 0 Å². The van der Waals surface area contributed by atoms with Gasteiger partial charge in [-0.25, -0.2) is 0 Å². The quantitative estimate of drug-likeness (QED) is 0.498. The molecule has 3 saturated carbocycles. The summed E-state index contributed by atoms with van der Waals surface area (Å²) < 4.78 is 0. The molecule has 0 saturated heterocycles. The lowest BCUT2D eigenvalue weighted by molar-refractivity contribution is 0.143. The van der Waals surface area contributed by atoms with Gasteiger partial charge in [0.15, 0.2) is 0 Å². The van der Waals surface area contributed by atoms with Crippen molar-refractivity contribution in [2.45, 2.75) is 39.5 Å². The van der Waals surface area contributed by atoms with Gasteiger partial charge in [-0.3, -0.25) is 0 Å². The highest BCUT2D eigenvalue weighted by molar-refractivity contribution is 5.14. The minimum absolute atomic E-state index is 0.891. The van der Waals surface area contributed by atoms with Gasteiger partial charge in [-0.1, -0.05) is 13.8 Å². The second-order valence-corrected chi connectivity index (χ2v) is 5.44. The van der Waals surface area contributed by atoms with Gasteiger partial charge < -0.3 is 0 Å². The highest BCUT2D eigenvalue weighted by atomic mass is 14.7. The minimum atomic E-state index is 0.891. The van der Waals surface area contributed by atoms with Crippen molar-refractivity contribution < 1.29 is 0 Å². The van der Waals surface area contributed by atoms with Crippen LogP contribution >= 0.6 is 0 Å². The normalized spacial score (nSPS) is 66.0. The van der Waals surface area contributed by atoms with Crippen LogP contribution < -0.4 is 0 Å². The lowest BCUT2D eigenvalue weighted by atomic mass is 9.70. The van der Waals surface area contributed by atoms with Gasteiger partial charge in [0.2, 0.25) is 0 Å². The molecule has 0 heterocycles. The van der Waals surface area contributed by atoms with E-state index < -0.39 is 0 Å². The Kier molecular flexibility index (Phi) is 0.990. The molecule has 1 spiro atoms. The molecule has 0 heteroatoms. The van der Waals surface area contributed by atoms with Gasteiger partial charge >= 0.3 is 0 Å². The molecule has 0 aromatic carbocycles. The first kappa shape index (κ1) is 6.51. The molecule has 5 atom stereocenters. The number of rotatable bonds is 0. The molecule has 3 aliphatic rings. The highest BCUT2D eigenvalue weighted by Crippen LogP contribution is 2.73. The molecule has 62 valence electrons. The minimum Gasteiger partial charge on any atom is -0.0622 e. The molecule has 0 N–H and O–H groups in total. The Morgan fingerprint density at radius 1 is 1.09 bits per heavy atom. The lowest BCUT2D eigenvalue weighted by Gasteiger charge is -2.35. The smallest absolute Gasteiger partial charge is 0.0235 e. The molecule has 5 unspecified atom stereocenters. The molecule has 0 amide bonds. The maximum atomic E-state index is 2.51. The monoisotopic (exact) mass is 150 g/mol. The Morgan fingerprint density at radius 2 is 1.91 bits per heavy atom. The highest BCUT2D eigenvalue weighted by Gasteiger charge is 2.65. The van der Waals surface area contributed by atoms with E-state index in [0.29, 0.717) is 0 Å². The Balaban J connectivity index is 1.95. The number of hydrogen-bond donors (Lipinski definition) is 0. The molecule has 0 aromatic heterocycles. The third kappa shape index (κ3) is 0.625. The molecule has 0 aliphatic heterocycles. The summed E-state index contributed by atoms with van der Waals surface area (Å²) in [4.78, 5) is 0. The summed E-state index contributed by atoms with van der Waals surface area (Å²) in [5.41, 5.74) is 0.891. The van der Waals surface area contributed by atoms with E-state index in [1.54, 1.807) is 25.7 Å².